The molecule has 28 heavy (non-hydrogen) atoms. The number of carbonyl (C=O) groups excluding carboxylic acids is 2. The third-order valence-electron chi connectivity index (χ3n) is 3.93. The first kappa shape index (κ1) is 19.5. The molecule has 1 aromatic heterocycles. The summed E-state index contributed by atoms with van der Waals surface area (Å²) < 4.78 is 10.8. The third-order valence-corrected chi connectivity index (χ3v) is 4.18. The van der Waals surface area contributed by atoms with Gasteiger partial charge in [0.25, 0.3) is 11.8 Å². The van der Waals surface area contributed by atoms with E-state index >= 15 is 0 Å². The summed E-state index contributed by atoms with van der Waals surface area (Å²) in [6, 6.07) is 17.0. The van der Waals surface area contributed by atoms with Gasteiger partial charge in [-0.3, -0.25) is 9.59 Å². The molecule has 0 spiro atoms. The standard InChI is InChI=1S/C21H19ClN2O4/c1-14(28-16-10-8-15(22)9-11-16)20(25)24-19-7-3-2-6-18(19)21(26)23-13-17-5-4-12-27-17/h2-12,14H,13H2,1H3,(H,23,26)(H,24,25). The van der Waals surface area contributed by atoms with Crippen molar-refractivity contribution in [3.8, 4) is 5.75 Å². The van der Waals surface area contributed by atoms with Crippen molar-refractivity contribution in [2.24, 2.45) is 0 Å². The number of furan rings is 1. The van der Waals surface area contributed by atoms with E-state index in [1.807, 2.05) is 0 Å². The highest BCUT2D eigenvalue weighted by atomic mass is 35.5. The lowest BCUT2D eigenvalue weighted by atomic mass is 10.1. The number of nitrogens with one attached hydrogen (secondary N) is 2. The molecule has 0 saturated carbocycles. The fourth-order valence-electron chi connectivity index (χ4n) is 2.47. The predicted octanol–water partition coefficient (Wildman–Crippen LogP) is 4.27. The lowest BCUT2D eigenvalue weighted by molar-refractivity contribution is -0.122. The normalized spacial score (nSPS) is 11.5. The summed E-state index contributed by atoms with van der Waals surface area (Å²) in [7, 11) is 0. The Labute approximate surface area is 167 Å². The zero-order valence-corrected chi connectivity index (χ0v) is 15.9. The van der Waals surface area contributed by atoms with Gasteiger partial charge in [-0.15, -0.1) is 0 Å². The second kappa shape index (κ2) is 9.10. The van der Waals surface area contributed by atoms with Crippen molar-refractivity contribution in [1.29, 1.82) is 0 Å². The average Bonchev–Trinajstić information content (AvgIpc) is 3.22. The zero-order chi connectivity index (χ0) is 19.9. The quantitative estimate of drug-likeness (QED) is 0.622. The molecular weight excluding hydrogens is 380 g/mol. The van der Waals surface area contributed by atoms with Crippen LogP contribution in [0.25, 0.3) is 0 Å². The maximum absolute atomic E-state index is 12.5. The third kappa shape index (κ3) is 5.14. The largest absolute Gasteiger partial charge is 0.481 e. The van der Waals surface area contributed by atoms with Crippen molar-refractivity contribution in [2.75, 3.05) is 5.32 Å². The van der Waals surface area contributed by atoms with Crippen LogP contribution in [0.2, 0.25) is 5.02 Å². The molecule has 0 aliphatic rings. The van der Waals surface area contributed by atoms with E-state index in [-0.39, 0.29) is 18.4 Å². The van der Waals surface area contributed by atoms with Gasteiger partial charge in [-0.2, -0.15) is 0 Å². The highest BCUT2D eigenvalue weighted by Crippen LogP contribution is 2.19. The molecule has 1 unspecified atom stereocenters. The SMILES string of the molecule is CC(Oc1ccc(Cl)cc1)C(=O)Nc1ccccc1C(=O)NCc1ccco1. The lowest BCUT2D eigenvalue weighted by Crippen LogP contribution is -2.31. The summed E-state index contributed by atoms with van der Waals surface area (Å²) in [6.07, 6.45) is 0.776. The van der Waals surface area contributed by atoms with E-state index < -0.39 is 6.10 Å². The number of benzene rings is 2. The Kier molecular flexibility index (Phi) is 6.34. The fraction of sp³-hybridized carbons (Fsp3) is 0.143. The molecule has 3 rings (SSSR count). The number of ether oxygens (including phenoxy) is 1. The fourth-order valence-corrected chi connectivity index (χ4v) is 2.60. The first-order valence-corrected chi connectivity index (χ1v) is 9.03. The van der Waals surface area contributed by atoms with Crippen molar-refractivity contribution >= 4 is 29.1 Å². The van der Waals surface area contributed by atoms with Crippen molar-refractivity contribution in [2.45, 2.75) is 19.6 Å². The topological polar surface area (TPSA) is 80.6 Å². The number of amides is 2. The van der Waals surface area contributed by atoms with Crippen LogP contribution in [-0.4, -0.2) is 17.9 Å². The number of rotatable bonds is 7. The minimum absolute atomic E-state index is 0.254. The minimum Gasteiger partial charge on any atom is -0.481 e. The Morgan fingerprint density at radius 3 is 2.54 bits per heavy atom. The summed E-state index contributed by atoms with van der Waals surface area (Å²) in [5, 5.41) is 6.09. The molecule has 2 N–H and O–H groups in total. The number of carbonyl (C=O) groups is 2. The van der Waals surface area contributed by atoms with Gasteiger partial charge < -0.3 is 19.8 Å². The molecule has 0 aliphatic heterocycles. The van der Waals surface area contributed by atoms with E-state index in [4.69, 9.17) is 20.8 Å². The van der Waals surface area contributed by atoms with Gasteiger partial charge in [-0.1, -0.05) is 23.7 Å². The van der Waals surface area contributed by atoms with Gasteiger partial charge in [0.15, 0.2) is 6.10 Å². The van der Waals surface area contributed by atoms with Crippen LogP contribution in [0, 0.1) is 0 Å². The zero-order valence-electron chi connectivity index (χ0n) is 15.1. The van der Waals surface area contributed by atoms with Crippen LogP contribution < -0.4 is 15.4 Å². The van der Waals surface area contributed by atoms with Crippen LogP contribution in [0.4, 0.5) is 5.69 Å². The van der Waals surface area contributed by atoms with Gasteiger partial charge in [-0.25, -0.2) is 0 Å². The predicted molar refractivity (Wildman–Crippen MR) is 106 cm³/mol. The molecule has 1 heterocycles. The summed E-state index contributed by atoms with van der Waals surface area (Å²) in [5.74, 6) is 0.469. The molecule has 3 aromatic rings. The number of anilines is 1. The van der Waals surface area contributed by atoms with E-state index in [0.717, 1.165) is 0 Å². The molecular formula is C21H19ClN2O4. The molecule has 0 saturated heterocycles. The molecule has 1 atom stereocenters. The highest BCUT2D eigenvalue weighted by molar-refractivity contribution is 6.30. The summed E-state index contributed by atoms with van der Waals surface area (Å²) >= 11 is 5.84. The molecule has 2 amide bonds. The Hall–Kier alpha value is -3.25. The van der Waals surface area contributed by atoms with Crippen LogP contribution in [0.15, 0.2) is 71.3 Å². The van der Waals surface area contributed by atoms with Crippen LogP contribution in [0.1, 0.15) is 23.0 Å². The molecule has 144 valence electrons. The second-order valence-electron chi connectivity index (χ2n) is 6.01. The van der Waals surface area contributed by atoms with Crippen molar-refractivity contribution in [3.63, 3.8) is 0 Å². The molecule has 7 heteroatoms. The van der Waals surface area contributed by atoms with Gasteiger partial charge in [0.1, 0.15) is 11.5 Å². The van der Waals surface area contributed by atoms with Crippen molar-refractivity contribution in [3.05, 3.63) is 83.3 Å². The van der Waals surface area contributed by atoms with Gasteiger partial charge in [0.2, 0.25) is 0 Å². The Balaban J connectivity index is 1.63. The van der Waals surface area contributed by atoms with E-state index in [1.165, 1.54) is 6.26 Å². The highest BCUT2D eigenvalue weighted by Gasteiger charge is 2.18. The summed E-state index contributed by atoms with van der Waals surface area (Å²) in [6.45, 7) is 1.88. The van der Waals surface area contributed by atoms with Crippen LogP contribution in [-0.2, 0) is 11.3 Å². The van der Waals surface area contributed by atoms with Gasteiger partial charge in [-0.05, 0) is 55.5 Å². The molecule has 0 bridgehead atoms. The van der Waals surface area contributed by atoms with Crippen molar-refractivity contribution in [1.82, 2.24) is 5.32 Å². The van der Waals surface area contributed by atoms with E-state index in [2.05, 4.69) is 10.6 Å². The van der Waals surface area contributed by atoms with Gasteiger partial charge >= 0.3 is 0 Å². The summed E-state index contributed by atoms with van der Waals surface area (Å²) in [5.41, 5.74) is 0.747. The number of halogens is 1. The minimum atomic E-state index is -0.764. The maximum Gasteiger partial charge on any atom is 0.265 e. The van der Waals surface area contributed by atoms with Crippen LogP contribution in [0.5, 0.6) is 5.75 Å². The molecule has 0 radical (unpaired) electrons. The first-order chi connectivity index (χ1) is 13.5. The van der Waals surface area contributed by atoms with Crippen molar-refractivity contribution < 1.29 is 18.7 Å². The van der Waals surface area contributed by atoms with Gasteiger partial charge in [0.05, 0.1) is 24.1 Å². The molecule has 0 fully saturated rings. The maximum atomic E-state index is 12.5. The second-order valence-corrected chi connectivity index (χ2v) is 6.45. The van der Waals surface area contributed by atoms with Gasteiger partial charge in [0, 0.05) is 5.02 Å². The van der Waals surface area contributed by atoms with E-state index in [0.29, 0.717) is 27.8 Å². The van der Waals surface area contributed by atoms with Crippen LogP contribution in [0.3, 0.4) is 0 Å². The van der Waals surface area contributed by atoms with E-state index in [1.54, 1.807) is 67.6 Å². The molecule has 2 aromatic carbocycles. The smallest absolute Gasteiger partial charge is 0.265 e. The number of hydrogen-bond acceptors (Lipinski definition) is 4. The molecule has 6 nitrogen and oxygen atoms in total. The van der Waals surface area contributed by atoms with Crippen LogP contribution >= 0.6 is 11.6 Å². The summed E-state index contributed by atoms with van der Waals surface area (Å²) in [4.78, 5) is 25.0. The Bertz CT molecular complexity index is 939. The Morgan fingerprint density at radius 1 is 1.07 bits per heavy atom. The van der Waals surface area contributed by atoms with E-state index in [9.17, 15) is 9.59 Å². The Morgan fingerprint density at radius 2 is 1.82 bits per heavy atom. The average molecular weight is 399 g/mol. The monoisotopic (exact) mass is 398 g/mol. The number of para-hydroxylation sites is 1. The first-order valence-electron chi connectivity index (χ1n) is 8.65. The molecule has 0 aliphatic carbocycles. The lowest BCUT2D eigenvalue weighted by Gasteiger charge is -2.16. The number of hydrogen-bond donors (Lipinski definition) is 2.